The molecule has 0 aliphatic heterocycles. The van der Waals surface area contributed by atoms with Gasteiger partial charge in [-0.15, -0.1) is 0 Å². The molecule has 0 aromatic rings. The van der Waals surface area contributed by atoms with Crippen molar-refractivity contribution in [1.29, 1.82) is 0 Å². The number of aliphatic hydroxyl groups excluding tert-OH is 1. The lowest BCUT2D eigenvalue weighted by Crippen LogP contribution is -2.30. The molecule has 86 heavy (non-hydrogen) atoms. The van der Waals surface area contributed by atoms with E-state index >= 15 is 0 Å². The lowest BCUT2D eigenvalue weighted by molar-refractivity contribution is -0.161. The van der Waals surface area contributed by atoms with Crippen LogP contribution in [0.3, 0.4) is 0 Å². The van der Waals surface area contributed by atoms with Crippen LogP contribution in [0.1, 0.15) is 331 Å². The minimum atomic E-state index is -4.95. The van der Waals surface area contributed by atoms with E-state index in [0.717, 1.165) is 120 Å². The predicted molar refractivity (Wildman–Crippen MR) is 344 cm³/mol. The Balaban J connectivity index is 5.22. The Morgan fingerprint density at radius 1 is 0.314 bits per heavy atom. The Labute approximate surface area is 524 Å². The number of hydrogen-bond donors (Lipinski definition) is 3. The molecule has 0 amide bonds. The first-order valence-electron chi connectivity index (χ1n) is 34.8. The van der Waals surface area contributed by atoms with Gasteiger partial charge in [0, 0.05) is 25.7 Å². The topological polar surface area (TPSA) is 237 Å². The highest BCUT2D eigenvalue weighted by Gasteiger charge is 2.30. The average Bonchev–Trinajstić information content (AvgIpc) is 3.67. The van der Waals surface area contributed by atoms with E-state index in [-0.39, 0.29) is 25.7 Å². The maximum atomic E-state index is 13.0. The van der Waals surface area contributed by atoms with Gasteiger partial charge in [0.2, 0.25) is 0 Å². The number of unbranched alkanes of at least 4 members (excludes halogenated alkanes) is 33. The average molecular weight is 1270 g/mol. The van der Waals surface area contributed by atoms with Crippen molar-refractivity contribution >= 4 is 39.5 Å². The monoisotopic (exact) mass is 1270 g/mol. The van der Waals surface area contributed by atoms with E-state index < -0.39 is 97.5 Å². The highest BCUT2D eigenvalue weighted by Crippen LogP contribution is 2.45. The van der Waals surface area contributed by atoms with Crippen molar-refractivity contribution in [3.8, 4) is 0 Å². The molecular weight excluding hydrogens is 1140 g/mol. The van der Waals surface area contributed by atoms with E-state index in [9.17, 15) is 43.2 Å². The molecule has 5 atom stereocenters. The van der Waals surface area contributed by atoms with Crippen molar-refractivity contribution in [1.82, 2.24) is 0 Å². The molecule has 0 aromatic heterocycles. The van der Waals surface area contributed by atoms with Gasteiger partial charge in [-0.3, -0.25) is 37.3 Å². The quantitative estimate of drug-likeness (QED) is 0.0222. The SMILES string of the molecule is CCCCCCCCCC(=O)OC[C@H](COP(=O)(O)OC[C@H](O)COP(=O)(O)OC[C@@H](COC(=O)CCCCCCCCCCCCC(C)C)OC(=O)CCCCCCCCCCCCCCC(C)C)OC(=O)CCCCCCCCCCC(C)C. The number of carbonyl (C=O) groups excluding carboxylic acids is 4. The molecule has 0 aliphatic carbocycles. The van der Waals surface area contributed by atoms with Crippen LogP contribution >= 0.6 is 15.6 Å². The van der Waals surface area contributed by atoms with Crippen LogP contribution in [-0.2, 0) is 65.4 Å². The number of carbonyl (C=O) groups is 4. The van der Waals surface area contributed by atoms with E-state index in [1.54, 1.807) is 0 Å². The molecule has 0 spiro atoms. The highest BCUT2D eigenvalue weighted by atomic mass is 31.2. The maximum absolute atomic E-state index is 13.0. The molecule has 0 aromatic carbocycles. The summed E-state index contributed by atoms with van der Waals surface area (Å²) in [5.74, 6) is 0.118. The second-order valence-corrected chi connectivity index (χ2v) is 28.5. The minimum Gasteiger partial charge on any atom is -0.462 e. The summed E-state index contributed by atoms with van der Waals surface area (Å²) in [6.07, 6.45) is 40.4. The molecule has 17 nitrogen and oxygen atoms in total. The molecule has 2 unspecified atom stereocenters. The molecule has 0 fully saturated rings. The van der Waals surface area contributed by atoms with Gasteiger partial charge in [0.1, 0.15) is 19.3 Å². The van der Waals surface area contributed by atoms with Gasteiger partial charge in [-0.05, 0) is 43.4 Å². The number of hydrogen-bond acceptors (Lipinski definition) is 15. The first-order chi connectivity index (χ1) is 41.2. The Hall–Kier alpha value is -1.94. The van der Waals surface area contributed by atoms with Gasteiger partial charge in [0.15, 0.2) is 12.2 Å². The maximum Gasteiger partial charge on any atom is 0.472 e. The van der Waals surface area contributed by atoms with E-state index in [0.29, 0.717) is 25.7 Å². The Bertz CT molecular complexity index is 1700. The molecule has 3 N–H and O–H groups in total. The fraction of sp³-hybridized carbons (Fsp3) is 0.940. The van der Waals surface area contributed by atoms with Gasteiger partial charge in [-0.1, -0.05) is 280 Å². The zero-order valence-electron chi connectivity index (χ0n) is 55.8. The molecule has 0 aliphatic rings. The van der Waals surface area contributed by atoms with Crippen LogP contribution in [0.4, 0.5) is 0 Å². The number of ether oxygens (including phenoxy) is 4. The number of esters is 4. The van der Waals surface area contributed by atoms with Crippen molar-refractivity contribution in [2.75, 3.05) is 39.6 Å². The summed E-state index contributed by atoms with van der Waals surface area (Å²) in [5.41, 5.74) is 0. The molecule has 0 saturated carbocycles. The van der Waals surface area contributed by atoms with Gasteiger partial charge < -0.3 is 33.8 Å². The highest BCUT2D eigenvalue weighted by molar-refractivity contribution is 7.47. The van der Waals surface area contributed by atoms with Gasteiger partial charge in [0.25, 0.3) is 0 Å². The van der Waals surface area contributed by atoms with Gasteiger partial charge in [-0.25, -0.2) is 9.13 Å². The van der Waals surface area contributed by atoms with Crippen LogP contribution in [-0.4, -0.2) is 96.7 Å². The molecule has 19 heteroatoms. The van der Waals surface area contributed by atoms with Crippen LogP contribution in [0, 0.1) is 17.8 Å². The van der Waals surface area contributed by atoms with Crippen LogP contribution in [0.25, 0.3) is 0 Å². The van der Waals surface area contributed by atoms with Gasteiger partial charge in [-0.2, -0.15) is 0 Å². The van der Waals surface area contributed by atoms with Gasteiger partial charge >= 0.3 is 39.5 Å². The van der Waals surface area contributed by atoms with E-state index in [2.05, 4.69) is 48.5 Å². The minimum absolute atomic E-state index is 0.104. The largest absolute Gasteiger partial charge is 0.472 e. The molecule has 0 saturated heterocycles. The number of phosphoric ester groups is 2. The molecule has 0 radical (unpaired) electrons. The fourth-order valence-electron chi connectivity index (χ4n) is 10.0. The zero-order chi connectivity index (χ0) is 63.8. The molecular formula is C67H130O17P2. The lowest BCUT2D eigenvalue weighted by Gasteiger charge is -2.21. The Kier molecular flexibility index (Phi) is 56.9. The molecule has 0 rings (SSSR count). The second-order valence-electron chi connectivity index (χ2n) is 25.6. The normalized spacial score (nSPS) is 14.3. The van der Waals surface area contributed by atoms with Crippen molar-refractivity contribution in [3.63, 3.8) is 0 Å². The molecule has 510 valence electrons. The Morgan fingerprint density at radius 2 is 0.535 bits per heavy atom. The van der Waals surface area contributed by atoms with Crippen LogP contribution in [0.5, 0.6) is 0 Å². The third-order valence-electron chi connectivity index (χ3n) is 15.4. The zero-order valence-corrected chi connectivity index (χ0v) is 57.6. The Morgan fingerprint density at radius 3 is 0.791 bits per heavy atom. The molecule has 0 heterocycles. The summed E-state index contributed by atoms with van der Waals surface area (Å²) < 4.78 is 68.1. The van der Waals surface area contributed by atoms with Crippen LogP contribution < -0.4 is 0 Å². The summed E-state index contributed by atoms with van der Waals surface area (Å²) in [5, 5.41) is 10.5. The number of rotatable bonds is 65. The van der Waals surface area contributed by atoms with Crippen molar-refractivity contribution < 1.29 is 80.2 Å². The number of phosphoric acid groups is 2. The summed E-state index contributed by atoms with van der Waals surface area (Å²) >= 11 is 0. The first kappa shape index (κ1) is 84.1. The van der Waals surface area contributed by atoms with Crippen LogP contribution in [0.2, 0.25) is 0 Å². The first-order valence-corrected chi connectivity index (χ1v) is 37.8. The summed E-state index contributed by atoms with van der Waals surface area (Å²) in [6.45, 7) is 11.7. The van der Waals surface area contributed by atoms with E-state index in [1.807, 2.05) is 0 Å². The lowest BCUT2D eigenvalue weighted by atomic mass is 10.0. The van der Waals surface area contributed by atoms with Crippen molar-refractivity contribution in [2.24, 2.45) is 17.8 Å². The summed E-state index contributed by atoms with van der Waals surface area (Å²) in [6, 6.07) is 0. The predicted octanol–water partition coefficient (Wildman–Crippen LogP) is 18.7. The van der Waals surface area contributed by atoms with E-state index in [1.165, 1.54) is 128 Å². The molecule has 0 bridgehead atoms. The second kappa shape index (κ2) is 58.2. The van der Waals surface area contributed by atoms with E-state index in [4.69, 9.17) is 37.0 Å². The number of aliphatic hydroxyl groups is 1. The van der Waals surface area contributed by atoms with Crippen LogP contribution in [0.15, 0.2) is 0 Å². The van der Waals surface area contributed by atoms with Crippen molar-refractivity contribution in [2.45, 2.75) is 349 Å². The third kappa shape index (κ3) is 60.9. The fourth-order valence-corrected chi connectivity index (χ4v) is 11.6. The standard InChI is InChI=1S/C67H130O17P2/c1-8-9-10-11-24-34-41-48-64(69)77-54-62(84-67(72)51-44-37-30-23-22-27-33-40-47-60(6)7)56-81-85(73,74)79-52-61(68)53-80-86(75,76)82-57-63(55-78-65(70)49-42-35-28-20-17-16-19-26-32-39-46-59(4)5)83-66(71)50-43-36-29-21-15-13-12-14-18-25-31-38-45-58(2)3/h58-63,68H,8-57H2,1-7H3,(H,73,74)(H,75,76)/t61-,62+,63+/m0/s1. The van der Waals surface area contributed by atoms with Gasteiger partial charge in [0.05, 0.1) is 26.4 Å². The summed E-state index contributed by atoms with van der Waals surface area (Å²) in [7, 11) is -9.89. The van der Waals surface area contributed by atoms with Crippen molar-refractivity contribution in [3.05, 3.63) is 0 Å². The smallest absolute Gasteiger partial charge is 0.462 e. The third-order valence-corrected chi connectivity index (χ3v) is 17.3. The summed E-state index contributed by atoms with van der Waals surface area (Å²) in [4.78, 5) is 72.3.